The second-order valence-corrected chi connectivity index (χ2v) is 12.4. The fourth-order valence-electron chi connectivity index (χ4n) is 5.27. The summed E-state index contributed by atoms with van der Waals surface area (Å²) in [6.07, 6.45) is 7.25. The first-order valence-electron chi connectivity index (χ1n) is 14.0. The number of rotatable bonds is 10. The minimum Gasteiger partial charge on any atom is -0.382 e. The largest absolute Gasteiger partial charge is 0.382 e. The lowest BCUT2D eigenvalue weighted by Gasteiger charge is -2.36. The Morgan fingerprint density at radius 1 is 1.00 bits per heavy atom. The first-order valence-corrected chi connectivity index (χ1v) is 14.0. The number of hydrogen-bond donors (Lipinski definition) is 1. The van der Waals surface area contributed by atoms with Crippen molar-refractivity contribution in [2.45, 2.75) is 91.8 Å². The van der Waals surface area contributed by atoms with Crippen molar-refractivity contribution in [3.8, 4) is 0 Å². The quantitative estimate of drug-likeness (QED) is 0.249. The number of aromatic nitrogens is 3. The molecule has 1 aliphatic rings. The molecular weight excluding hydrogens is 454 g/mol. The number of aryl methyl sites for hydroxylation is 1. The van der Waals surface area contributed by atoms with E-state index in [0.29, 0.717) is 11.2 Å². The van der Waals surface area contributed by atoms with E-state index in [9.17, 15) is 0 Å². The topological polar surface area (TPSA) is 60.0 Å². The summed E-state index contributed by atoms with van der Waals surface area (Å²) in [5, 5.41) is 1.11. The zero-order valence-electron chi connectivity index (χ0n) is 23.3. The zero-order valence-corrected chi connectivity index (χ0v) is 23.3. The summed E-state index contributed by atoms with van der Waals surface area (Å²) in [6, 6.07) is 17.5. The Balaban J connectivity index is 1.42. The summed E-state index contributed by atoms with van der Waals surface area (Å²) in [5.41, 5.74) is 12.6. The van der Waals surface area contributed by atoms with Gasteiger partial charge < -0.3 is 10.3 Å². The number of nitrogens with two attached hydrogens (primary N) is 1. The summed E-state index contributed by atoms with van der Waals surface area (Å²) >= 11 is 0. The van der Waals surface area contributed by atoms with Crippen LogP contribution in [0.3, 0.4) is 0 Å². The Kier molecular flexibility index (Phi) is 7.01. The van der Waals surface area contributed by atoms with E-state index < -0.39 is 0 Å². The van der Waals surface area contributed by atoms with E-state index in [4.69, 9.17) is 10.7 Å². The highest BCUT2D eigenvalue weighted by Crippen LogP contribution is 2.48. The number of pyridine rings is 1. The number of nitrogen functional groups attached to an aromatic ring is 1. The third kappa shape index (κ3) is 5.67. The normalized spacial score (nSPS) is 15.2. The fourth-order valence-corrected chi connectivity index (χ4v) is 5.27. The van der Waals surface area contributed by atoms with Crippen LogP contribution in [0.5, 0.6) is 0 Å². The number of unbranched alkanes of at least 4 members (excludes halogenated alkanes) is 1. The van der Waals surface area contributed by atoms with Gasteiger partial charge in [-0.25, -0.2) is 9.97 Å². The molecule has 5 rings (SSSR count). The Labute approximate surface area is 222 Å². The zero-order chi connectivity index (χ0) is 26.2. The number of para-hydroxylation sites is 1. The predicted molar refractivity (Wildman–Crippen MR) is 156 cm³/mol. The summed E-state index contributed by atoms with van der Waals surface area (Å²) in [7, 11) is 0. The Hall–Kier alpha value is -2.92. The first kappa shape index (κ1) is 25.7. The highest BCUT2D eigenvalue weighted by Gasteiger charge is 2.37. The van der Waals surface area contributed by atoms with Crippen molar-refractivity contribution in [3.05, 3.63) is 65.5 Å². The van der Waals surface area contributed by atoms with Crippen LogP contribution in [-0.4, -0.2) is 31.5 Å². The Bertz CT molecular complexity index is 1370. The maximum Gasteiger partial charge on any atom is 0.152 e. The summed E-state index contributed by atoms with van der Waals surface area (Å²) in [4.78, 5) is 12.3. The van der Waals surface area contributed by atoms with Crippen molar-refractivity contribution in [1.82, 2.24) is 19.4 Å². The molecule has 2 aromatic heterocycles. The fraction of sp³-hybridized carbons (Fsp3) is 0.500. The van der Waals surface area contributed by atoms with Gasteiger partial charge in [0, 0.05) is 30.4 Å². The maximum atomic E-state index is 6.39. The molecule has 0 spiro atoms. The number of hydrogen-bond acceptors (Lipinski definition) is 4. The SMILES string of the molecule is CCCCc1nc2c(N)nc3ccccc3c2n1Cc1ccc(CN(CCC2(C)CC2)C(C)(C)C)cc1. The standard InChI is InChI=1S/C32H43N5/c1-6-7-12-27-35-28-29(25-10-8-9-11-26(25)34-30(28)33)37(27)22-24-15-13-23(14-16-24)21-36(31(2,3)4)20-19-32(5)17-18-32/h8-11,13-16H,6-7,12,17-22H2,1-5H3,(H2,33,34). The molecule has 4 aromatic rings. The third-order valence-corrected chi connectivity index (χ3v) is 8.22. The molecule has 0 unspecified atom stereocenters. The lowest BCUT2D eigenvalue weighted by Crippen LogP contribution is -2.41. The monoisotopic (exact) mass is 497 g/mol. The van der Waals surface area contributed by atoms with E-state index in [1.165, 1.54) is 30.4 Å². The molecule has 5 nitrogen and oxygen atoms in total. The second kappa shape index (κ2) is 10.1. The van der Waals surface area contributed by atoms with Gasteiger partial charge in [-0.05, 0) is 75.6 Å². The Morgan fingerprint density at radius 3 is 2.38 bits per heavy atom. The molecule has 5 heteroatoms. The molecule has 0 saturated heterocycles. The molecule has 0 bridgehead atoms. The molecule has 0 radical (unpaired) electrons. The lowest BCUT2D eigenvalue weighted by atomic mass is 10.00. The van der Waals surface area contributed by atoms with E-state index in [0.717, 1.165) is 66.7 Å². The minimum atomic E-state index is 0.156. The molecule has 2 heterocycles. The van der Waals surface area contributed by atoms with Crippen LogP contribution in [-0.2, 0) is 19.5 Å². The van der Waals surface area contributed by atoms with Gasteiger partial charge in [0.25, 0.3) is 0 Å². The molecule has 0 atom stereocenters. The van der Waals surface area contributed by atoms with Crippen LogP contribution in [0.2, 0.25) is 0 Å². The van der Waals surface area contributed by atoms with Crippen molar-refractivity contribution in [1.29, 1.82) is 0 Å². The molecule has 37 heavy (non-hydrogen) atoms. The Morgan fingerprint density at radius 2 is 1.70 bits per heavy atom. The van der Waals surface area contributed by atoms with Crippen LogP contribution in [0.25, 0.3) is 21.9 Å². The average molecular weight is 498 g/mol. The van der Waals surface area contributed by atoms with Gasteiger partial charge >= 0.3 is 0 Å². The highest BCUT2D eigenvalue weighted by molar-refractivity contribution is 6.06. The maximum absolute atomic E-state index is 6.39. The lowest BCUT2D eigenvalue weighted by molar-refractivity contribution is 0.117. The highest BCUT2D eigenvalue weighted by atomic mass is 15.2. The summed E-state index contributed by atoms with van der Waals surface area (Å²) < 4.78 is 2.37. The molecule has 1 saturated carbocycles. The van der Waals surface area contributed by atoms with Gasteiger partial charge in [-0.1, -0.05) is 62.7 Å². The van der Waals surface area contributed by atoms with Gasteiger partial charge in [0.05, 0.1) is 11.0 Å². The molecule has 2 aromatic carbocycles. The van der Waals surface area contributed by atoms with Gasteiger partial charge in [-0.3, -0.25) is 4.90 Å². The van der Waals surface area contributed by atoms with Crippen LogP contribution < -0.4 is 5.73 Å². The van der Waals surface area contributed by atoms with Crippen molar-refractivity contribution >= 4 is 27.8 Å². The van der Waals surface area contributed by atoms with Crippen molar-refractivity contribution in [2.75, 3.05) is 12.3 Å². The number of anilines is 1. The van der Waals surface area contributed by atoms with E-state index >= 15 is 0 Å². The van der Waals surface area contributed by atoms with Gasteiger partial charge in [0.15, 0.2) is 5.82 Å². The number of imidazole rings is 1. The van der Waals surface area contributed by atoms with Gasteiger partial charge in [0.1, 0.15) is 11.3 Å². The summed E-state index contributed by atoms with van der Waals surface area (Å²) in [6.45, 7) is 14.6. The van der Waals surface area contributed by atoms with Crippen molar-refractivity contribution in [2.24, 2.45) is 5.41 Å². The van der Waals surface area contributed by atoms with Gasteiger partial charge in [0.2, 0.25) is 0 Å². The molecule has 2 N–H and O–H groups in total. The van der Waals surface area contributed by atoms with Crippen LogP contribution in [0.4, 0.5) is 5.82 Å². The van der Waals surface area contributed by atoms with Crippen LogP contribution >= 0.6 is 0 Å². The van der Waals surface area contributed by atoms with Crippen LogP contribution in [0.1, 0.15) is 83.7 Å². The van der Waals surface area contributed by atoms with Crippen molar-refractivity contribution in [3.63, 3.8) is 0 Å². The van der Waals surface area contributed by atoms with E-state index in [1.54, 1.807) is 0 Å². The molecule has 1 aliphatic carbocycles. The second-order valence-electron chi connectivity index (χ2n) is 12.4. The number of benzene rings is 2. The average Bonchev–Trinajstić information content (AvgIpc) is 3.49. The molecule has 0 amide bonds. The molecular formula is C32H43N5. The smallest absolute Gasteiger partial charge is 0.152 e. The number of fused-ring (bicyclic) bond motifs is 3. The summed E-state index contributed by atoms with van der Waals surface area (Å²) in [5.74, 6) is 1.61. The minimum absolute atomic E-state index is 0.156. The van der Waals surface area contributed by atoms with Crippen molar-refractivity contribution < 1.29 is 0 Å². The number of nitrogens with zero attached hydrogens (tertiary/aromatic N) is 4. The van der Waals surface area contributed by atoms with Gasteiger partial charge in [-0.2, -0.15) is 0 Å². The van der Waals surface area contributed by atoms with E-state index in [-0.39, 0.29) is 5.54 Å². The van der Waals surface area contributed by atoms with Gasteiger partial charge in [-0.15, -0.1) is 0 Å². The predicted octanol–water partition coefficient (Wildman–Crippen LogP) is 7.35. The first-order chi connectivity index (χ1) is 17.7. The van der Waals surface area contributed by atoms with Crippen LogP contribution in [0, 0.1) is 5.41 Å². The molecule has 1 fully saturated rings. The molecule has 0 aliphatic heterocycles. The molecule has 196 valence electrons. The van der Waals surface area contributed by atoms with E-state index in [2.05, 4.69) is 85.5 Å². The van der Waals surface area contributed by atoms with Crippen LogP contribution in [0.15, 0.2) is 48.5 Å². The van der Waals surface area contributed by atoms with E-state index in [1.807, 2.05) is 12.1 Å². The third-order valence-electron chi connectivity index (χ3n) is 8.22.